The fraction of sp³-hybridized carbons (Fsp3) is 0.429. The number of carboxylic acids is 1. The maximum absolute atomic E-state index is 13.0. The maximum atomic E-state index is 13.0. The van der Waals surface area contributed by atoms with Gasteiger partial charge in [-0.1, -0.05) is 12.1 Å². The van der Waals surface area contributed by atoms with E-state index >= 15 is 0 Å². The van der Waals surface area contributed by atoms with Crippen LogP contribution in [0, 0.1) is 5.82 Å². The minimum atomic E-state index is -0.970. The van der Waals surface area contributed by atoms with Gasteiger partial charge in [0, 0.05) is 13.1 Å². The molecule has 1 aliphatic rings. The van der Waals surface area contributed by atoms with Crippen LogP contribution in [-0.4, -0.2) is 41.1 Å². The molecular weight excluding hydrogens is 263 g/mol. The number of urea groups is 1. The van der Waals surface area contributed by atoms with Crippen molar-refractivity contribution in [1.29, 1.82) is 0 Å². The number of benzene rings is 1. The monoisotopic (exact) mass is 280 g/mol. The molecular formula is C14H17FN2O3. The first-order chi connectivity index (χ1) is 9.58. The highest BCUT2D eigenvalue weighted by atomic mass is 19.1. The Hall–Kier alpha value is -2.11. The number of hydrogen-bond donors (Lipinski definition) is 2. The van der Waals surface area contributed by atoms with Crippen LogP contribution in [0.1, 0.15) is 18.4 Å². The van der Waals surface area contributed by atoms with Gasteiger partial charge in [0.1, 0.15) is 11.9 Å². The van der Waals surface area contributed by atoms with Crippen LogP contribution in [0.3, 0.4) is 0 Å². The summed E-state index contributed by atoms with van der Waals surface area (Å²) in [6, 6.07) is 5.08. The molecule has 108 valence electrons. The highest BCUT2D eigenvalue weighted by Gasteiger charge is 2.33. The first-order valence-electron chi connectivity index (χ1n) is 6.59. The molecule has 2 amide bonds. The molecule has 5 nitrogen and oxygen atoms in total. The molecule has 1 aromatic carbocycles. The van der Waals surface area contributed by atoms with Gasteiger partial charge < -0.3 is 15.3 Å². The molecule has 1 aromatic rings. The van der Waals surface area contributed by atoms with Crippen LogP contribution in [-0.2, 0) is 11.2 Å². The minimum absolute atomic E-state index is 0.306. The number of likely N-dealkylation sites (tertiary alicyclic amines) is 1. The van der Waals surface area contributed by atoms with E-state index in [0.717, 1.165) is 5.56 Å². The number of halogens is 1. The average molecular weight is 280 g/mol. The number of carbonyl (C=O) groups excluding carboxylic acids is 1. The lowest BCUT2D eigenvalue weighted by Crippen LogP contribution is -2.46. The van der Waals surface area contributed by atoms with E-state index in [2.05, 4.69) is 5.32 Å². The predicted molar refractivity (Wildman–Crippen MR) is 70.9 cm³/mol. The number of carboxylic acid groups (broad SMARTS) is 1. The normalized spacial score (nSPS) is 18.1. The van der Waals surface area contributed by atoms with Gasteiger partial charge in [-0.2, -0.15) is 0 Å². The molecule has 0 unspecified atom stereocenters. The number of rotatable bonds is 4. The molecule has 0 aliphatic carbocycles. The van der Waals surface area contributed by atoms with Crippen molar-refractivity contribution in [1.82, 2.24) is 10.2 Å². The van der Waals surface area contributed by atoms with E-state index in [4.69, 9.17) is 5.11 Å². The van der Waals surface area contributed by atoms with Crippen molar-refractivity contribution < 1.29 is 19.1 Å². The first kappa shape index (κ1) is 14.3. The van der Waals surface area contributed by atoms with Gasteiger partial charge in [0.25, 0.3) is 0 Å². The van der Waals surface area contributed by atoms with Crippen LogP contribution in [0.2, 0.25) is 0 Å². The zero-order chi connectivity index (χ0) is 14.5. The Labute approximate surface area is 116 Å². The Morgan fingerprint density at radius 1 is 1.45 bits per heavy atom. The lowest BCUT2D eigenvalue weighted by Gasteiger charge is -2.21. The van der Waals surface area contributed by atoms with Crippen molar-refractivity contribution in [2.45, 2.75) is 25.3 Å². The summed E-state index contributed by atoms with van der Waals surface area (Å²) in [6.07, 6.45) is 1.70. The third kappa shape index (κ3) is 3.46. The summed E-state index contributed by atoms with van der Waals surface area (Å²) in [5.74, 6) is -1.28. The summed E-state index contributed by atoms with van der Waals surface area (Å²) in [4.78, 5) is 24.2. The van der Waals surface area contributed by atoms with Crippen LogP contribution < -0.4 is 5.32 Å². The van der Waals surface area contributed by atoms with E-state index < -0.39 is 12.0 Å². The van der Waals surface area contributed by atoms with Crippen molar-refractivity contribution in [3.05, 3.63) is 35.6 Å². The number of hydrogen-bond acceptors (Lipinski definition) is 2. The van der Waals surface area contributed by atoms with Crippen molar-refractivity contribution in [2.75, 3.05) is 13.1 Å². The zero-order valence-electron chi connectivity index (χ0n) is 11.0. The third-order valence-electron chi connectivity index (χ3n) is 3.38. The average Bonchev–Trinajstić information content (AvgIpc) is 2.88. The number of amides is 2. The van der Waals surface area contributed by atoms with E-state index in [-0.39, 0.29) is 11.8 Å². The van der Waals surface area contributed by atoms with Crippen molar-refractivity contribution in [3.63, 3.8) is 0 Å². The van der Waals surface area contributed by atoms with Gasteiger partial charge in [-0.15, -0.1) is 0 Å². The SMILES string of the molecule is O=C(O)[C@@H]1CCCN1C(=O)NCCc1cccc(F)c1. The predicted octanol–water partition coefficient (Wildman–Crippen LogP) is 1.63. The van der Waals surface area contributed by atoms with Gasteiger partial charge in [-0.05, 0) is 37.0 Å². The molecule has 6 heteroatoms. The quantitative estimate of drug-likeness (QED) is 0.880. The fourth-order valence-corrected chi connectivity index (χ4v) is 2.37. The largest absolute Gasteiger partial charge is 0.480 e. The second kappa shape index (κ2) is 6.36. The minimum Gasteiger partial charge on any atom is -0.480 e. The lowest BCUT2D eigenvalue weighted by atomic mass is 10.1. The molecule has 0 aromatic heterocycles. The Bertz CT molecular complexity index is 507. The number of nitrogens with zero attached hydrogens (tertiary/aromatic N) is 1. The Kier molecular flexibility index (Phi) is 4.55. The first-order valence-corrected chi connectivity index (χ1v) is 6.59. The van der Waals surface area contributed by atoms with Gasteiger partial charge in [0.05, 0.1) is 0 Å². The molecule has 1 atom stereocenters. The van der Waals surface area contributed by atoms with Crippen LogP contribution in [0.25, 0.3) is 0 Å². The van der Waals surface area contributed by atoms with Gasteiger partial charge in [0.2, 0.25) is 0 Å². The molecule has 0 saturated carbocycles. The van der Waals surface area contributed by atoms with Crippen molar-refractivity contribution in [3.8, 4) is 0 Å². The molecule has 1 aliphatic heterocycles. The summed E-state index contributed by atoms with van der Waals surface area (Å²) < 4.78 is 13.0. The van der Waals surface area contributed by atoms with E-state index in [1.54, 1.807) is 12.1 Å². The molecule has 1 fully saturated rings. The summed E-state index contributed by atoms with van der Waals surface area (Å²) in [5.41, 5.74) is 0.793. The van der Waals surface area contributed by atoms with E-state index in [1.165, 1.54) is 17.0 Å². The highest BCUT2D eigenvalue weighted by Crippen LogP contribution is 2.17. The van der Waals surface area contributed by atoms with Crippen molar-refractivity contribution >= 4 is 12.0 Å². The van der Waals surface area contributed by atoms with Crippen LogP contribution in [0.5, 0.6) is 0 Å². The molecule has 0 spiro atoms. The third-order valence-corrected chi connectivity index (χ3v) is 3.38. The summed E-state index contributed by atoms with van der Waals surface area (Å²) in [6.45, 7) is 0.813. The number of nitrogens with one attached hydrogen (secondary N) is 1. The van der Waals surface area contributed by atoms with Gasteiger partial charge in [-0.25, -0.2) is 14.0 Å². The van der Waals surface area contributed by atoms with E-state index in [9.17, 15) is 14.0 Å². The molecule has 2 rings (SSSR count). The van der Waals surface area contributed by atoms with Gasteiger partial charge in [0.15, 0.2) is 0 Å². The zero-order valence-corrected chi connectivity index (χ0v) is 11.0. The highest BCUT2D eigenvalue weighted by molar-refractivity contribution is 5.83. The molecule has 2 N–H and O–H groups in total. The Morgan fingerprint density at radius 3 is 2.95 bits per heavy atom. The molecule has 1 heterocycles. The second-order valence-electron chi connectivity index (χ2n) is 4.80. The van der Waals surface area contributed by atoms with Crippen LogP contribution in [0.15, 0.2) is 24.3 Å². The Morgan fingerprint density at radius 2 is 2.25 bits per heavy atom. The Balaban J connectivity index is 1.82. The smallest absolute Gasteiger partial charge is 0.326 e. The summed E-state index contributed by atoms with van der Waals surface area (Å²) >= 11 is 0. The van der Waals surface area contributed by atoms with E-state index in [1.807, 2.05) is 0 Å². The number of carbonyl (C=O) groups is 2. The molecule has 0 bridgehead atoms. The van der Waals surface area contributed by atoms with Gasteiger partial charge in [-0.3, -0.25) is 0 Å². The number of aliphatic carboxylic acids is 1. The van der Waals surface area contributed by atoms with Crippen LogP contribution in [0.4, 0.5) is 9.18 Å². The summed E-state index contributed by atoms with van der Waals surface area (Å²) in [5, 5.41) is 11.7. The summed E-state index contributed by atoms with van der Waals surface area (Å²) in [7, 11) is 0. The molecule has 0 radical (unpaired) electrons. The van der Waals surface area contributed by atoms with Crippen molar-refractivity contribution in [2.24, 2.45) is 0 Å². The second-order valence-corrected chi connectivity index (χ2v) is 4.80. The lowest BCUT2D eigenvalue weighted by molar-refractivity contribution is -0.141. The van der Waals surface area contributed by atoms with E-state index in [0.29, 0.717) is 32.4 Å². The maximum Gasteiger partial charge on any atom is 0.326 e. The fourth-order valence-electron chi connectivity index (χ4n) is 2.37. The molecule has 20 heavy (non-hydrogen) atoms. The topological polar surface area (TPSA) is 69.6 Å². The van der Waals surface area contributed by atoms with Gasteiger partial charge >= 0.3 is 12.0 Å². The molecule has 1 saturated heterocycles. The standard InChI is InChI=1S/C14H17FN2O3/c15-11-4-1-3-10(9-11)6-7-16-14(20)17-8-2-5-12(17)13(18)19/h1,3-4,9,12H,2,5-8H2,(H,16,20)(H,18,19)/t12-/m0/s1. The van der Waals surface area contributed by atoms with Crippen LogP contribution >= 0.6 is 0 Å².